The molecule has 0 aromatic heterocycles. The second-order valence-electron chi connectivity index (χ2n) is 16.7. The molecule has 2 aliphatic rings. The molecule has 17 heteroatoms. The topological polar surface area (TPSA) is 261 Å². The second-order valence-corrected chi connectivity index (χ2v) is 16.7. The molecule has 0 radical (unpaired) electrons. The number of nitrogens with one attached hydrogen (secondary N) is 4. The van der Waals surface area contributed by atoms with E-state index in [-0.39, 0.29) is 55.7 Å². The molecule has 328 valence electrons. The number of carboxylic acid groups (broad SMARTS) is 1. The first-order chi connectivity index (χ1) is 28.3. The van der Waals surface area contributed by atoms with Crippen LogP contribution in [0, 0.1) is 11.8 Å². The van der Waals surface area contributed by atoms with Crippen molar-refractivity contribution in [2.45, 2.75) is 128 Å². The van der Waals surface area contributed by atoms with E-state index >= 15 is 0 Å². The lowest BCUT2D eigenvalue weighted by Crippen LogP contribution is -2.59. The molecule has 2 aromatic rings. The molecular formula is C43H61N7O10. The van der Waals surface area contributed by atoms with Gasteiger partial charge in [-0.2, -0.15) is 0 Å². The minimum atomic E-state index is -1.29. The van der Waals surface area contributed by atoms with E-state index < -0.39 is 83.7 Å². The van der Waals surface area contributed by atoms with E-state index in [1.54, 1.807) is 24.3 Å². The molecule has 2 heterocycles. The van der Waals surface area contributed by atoms with Crippen LogP contribution in [0.3, 0.4) is 0 Å². The number of carbonyl (C=O) groups is 7. The van der Waals surface area contributed by atoms with Crippen LogP contribution in [0.15, 0.2) is 48.5 Å². The number of nitrogens with two attached hydrogens (primary N) is 1. The van der Waals surface area contributed by atoms with Gasteiger partial charge >= 0.3 is 5.97 Å². The Balaban J connectivity index is 1.43. The van der Waals surface area contributed by atoms with Gasteiger partial charge in [0.05, 0.1) is 6.04 Å². The standard InChI is InChI=1S/C43H61N7O10/c1-24(2)20-31(44)37(53)46-32(22-27-10-14-29(51)15-11-27)38(54)47-33(21-25(3)4)42(58)50-19-7-8-35(50)39(55)45-26(5)41(57)49-18-6-9-36(49)40(56)48-34(43(59)60)23-28-12-16-30(52)17-13-28/h10-17,24-26,31-36,51-52H,6-9,18-23,44H2,1-5H3,(H,45,55)(H,46,53)(H,47,54)(H,48,56)(H,59,60)/t26-,31-,32-,33-,34-,35-,36-/m0/s1. The van der Waals surface area contributed by atoms with Crippen molar-refractivity contribution in [1.82, 2.24) is 31.1 Å². The number of phenols is 2. The zero-order chi connectivity index (χ0) is 44.3. The molecule has 2 aliphatic heterocycles. The number of hydrogen-bond acceptors (Lipinski definition) is 10. The van der Waals surface area contributed by atoms with E-state index in [0.29, 0.717) is 43.2 Å². The molecule has 2 aromatic carbocycles. The number of benzene rings is 2. The van der Waals surface area contributed by atoms with Crippen molar-refractivity contribution in [3.05, 3.63) is 59.7 Å². The molecule has 0 spiro atoms. The van der Waals surface area contributed by atoms with Crippen molar-refractivity contribution in [1.29, 1.82) is 0 Å². The summed E-state index contributed by atoms with van der Waals surface area (Å²) in [6.45, 7) is 9.55. The van der Waals surface area contributed by atoms with Crippen LogP contribution in [0.2, 0.25) is 0 Å². The lowest BCUT2D eigenvalue weighted by molar-refractivity contribution is -0.145. The zero-order valence-corrected chi connectivity index (χ0v) is 35.1. The summed E-state index contributed by atoms with van der Waals surface area (Å²) in [6.07, 6.45) is 2.20. The lowest BCUT2D eigenvalue weighted by Gasteiger charge is -2.32. The fourth-order valence-corrected chi connectivity index (χ4v) is 7.70. The monoisotopic (exact) mass is 835 g/mol. The fourth-order valence-electron chi connectivity index (χ4n) is 7.70. The van der Waals surface area contributed by atoms with Crippen molar-refractivity contribution < 1.29 is 48.9 Å². The first-order valence-electron chi connectivity index (χ1n) is 20.7. The predicted molar refractivity (Wildman–Crippen MR) is 221 cm³/mol. The summed E-state index contributed by atoms with van der Waals surface area (Å²) < 4.78 is 0. The molecule has 6 amide bonds. The fraction of sp³-hybridized carbons (Fsp3) is 0.558. The molecule has 0 unspecified atom stereocenters. The average molecular weight is 836 g/mol. The van der Waals surface area contributed by atoms with Gasteiger partial charge in [-0.25, -0.2) is 4.79 Å². The number of rotatable bonds is 19. The van der Waals surface area contributed by atoms with Crippen LogP contribution in [-0.2, 0) is 46.4 Å². The normalized spacial score (nSPS) is 18.9. The van der Waals surface area contributed by atoms with Crippen LogP contribution in [0.4, 0.5) is 0 Å². The van der Waals surface area contributed by atoms with Gasteiger partial charge in [0.1, 0.15) is 47.8 Å². The van der Waals surface area contributed by atoms with Crippen LogP contribution in [0.5, 0.6) is 11.5 Å². The molecular weight excluding hydrogens is 775 g/mol. The number of carboxylic acids is 1. The Labute approximate surface area is 350 Å². The lowest BCUT2D eigenvalue weighted by atomic mass is 9.99. The van der Waals surface area contributed by atoms with Crippen LogP contribution < -0.4 is 27.0 Å². The van der Waals surface area contributed by atoms with Crippen molar-refractivity contribution in [2.75, 3.05) is 13.1 Å². The summed E-state index contributed by atoms with van der Waals surface area (Å²) in [6, 6.07) is 4.80. The molecule has 4 rings (SSSR count). The maximum Gasteiger partial charge on any atom is 0.326 e. The first-order valence-corrected chi connectivity index (χ1v) is 20.7. The quantitative estimate of drug-likeness (QED) is 0.100. The summed E-state index contributed by atoms with van der Waals surface area (Å²) in [5.41, 5.74) is 7.37. The number of nitrogens with zero attached hydrogens (tertiary/aromatic N) is 2. The van der Waals surface area contributed by atoms with Gasteiger partial charge in [-0.3, -0.25) is 28.8 Å². The maximum atomic E-state index is 14.2. The Morgan fingerprint density at radius 3 is 1.55 bits per heavy atom. The van der Waals surface area contributed by atoms with Crippen molar-refractivity contribution >= 4 is 41.4 Å². The van der Waals surface area contributed by atoms with Gasteiger partial charge in [0.25, 0.3) is 0 Å². The molecule has 0 saturated carbocycles. The third-order valence-electron chi connectivity index (χ3n) is 10.8. The summed E-state index contributed by atoms with van der Waals surface area (Å²) >= 11 is 0. The van der Waals surface area contributed by atoms with Crippen LogP contribution in [-0.4, -0.2) is 122 Å². The summed E-state index contributed by atoms with van der Waals surface area (Å²) in [4.78, 5) is 97.0. The molecule has 0 bridgehead atoms. The van der Waals surface area contributed by atoms with E-state index in [1.165, 1.54) is 41.0 Å². The summed E-state index contributed by atoms with van der Waals surface area (Å²) in [5, 5.41) is 40.0. The number of hydrogen-bond donors (Lipinski definition) is 8. The second kappa shape index (κ2) is 21.5. The SMILES string of the molecule is CC(C)C[C@H](NC(=O)[C@H](Cc1ccc(O)cc1)NC(=O)[C@@H](N)CC(C)C)C(=O)N1CCC[C@H]1C(=O)N[C@@H](C)C(=O)N1CCC[C@H]1C(=O)N[C@@H](Cc1ccc(O)cc1)C(=O)O. The molecule has 7 atom stereocenters. The number of aromatic hydroxyl groups is 2. The minimum Gasteiger partial charge on any atom is -0.508 e. The molecule has 17 nitrogen and oxygen atoms in total. The summed E-state index contributed by atoms with van der Waals surface area (Å²) in [5.74, 6) is -4.53. The van der Waals surface area contributed by atoms with E-state index in [2.05, 4.69) is 21.3 Å². The highest BCUT2D eigenvalue weighted by Gasteiger charge is 2.42. The highest BCUT2D eigenvalue weighted by atomic mass is 16.4. The number of carbonyl (C=O) groups excluding carboxylic acids is 6. The Kier molecular flexibility index (Phi) is 16.8. The van der Waals surface area contributed by atoms with Gasteiger partial charge in [0, 0.05) is 25.9 Å². The van der Waals surface area contributed by atoms with Crippen LogP contribution in [0.25, 0.3) is 0 Å². The smallest absolute Gasteiger partial charge is 0.326 e. The Bertz CT molecular complexity index is 1840. The van der Waals surface area contributed by atoms with Gasteiger partial charge in [-0.05, 0) is 92.7 Å². The molecule has 2 saturated heterocycles. The number of aliphatic carboxylic acids is 1. The van der Waals surface area contributed by atoms with Crippen molar-refractivity contribution in [3.8, 4) is 11.5 Å². The first kappa shape index (κ1) is 47.0. The number of amides is 6. The van der Waals surface area contributed by atoms with Gasteiger partial charge in [-0.15, -0.1) is 0 Å². The molecule has 9 N–H and O–H groups in total. The number of likely N-dealkylation sites (tertiary alicyclic amines) is 2. The van der Waals surface area contributed by atoms with Crippen LogP contribution in [0.1, 0.15) is 84.3 Å². The Morgan fingerprint density at radius 2 is 1.07 bits per heavy atom. The van der Waals surface area contributed by atoms with Crippen molar-refractivity contribution in [3.63, 3.8) is 0 Å². The van der Waals surface area contributed by atoms with E-state index in [9.17, 15) is 48.9 Å². The number of phenolic OH excluding ortho intramolecular Hbond substituents is 2. The maximum absolute atomic E-state index is 14.2. The van der Waals surface area contributed by atoms with Gasteiger partial charge < -0.3 is 52.1 Å². The highest BCUT2D eigenvalue weighted by molar-refractivity contribution is 5.97. The van der Waals surface area contributed by atoms with Gasteiger partial charge in [0.2, 0.25) is 35.4 Å². The zero-order valence-electron chi connectivity index (χ0n) is 35.1. The highest BCUT2D eigenvalue weighted by Crippen LogP contribution is 2.23. The molecule has 60 heavy (non-hydrogen) atoms. The Morgan fingerprint density at radius 1 is 0.617 bits per heavy atom. The average Bonchev–Trinajstić information content (AvgIpc) is 3.89. The van der Waals surface area contributed by atoms with E-state index in [0.717, 1.165) is 0 Å². The third-order valence-corrected chi connectivity index (χ3v) is 10.8. The van der Waals surface area contributed by atoms with Crippen molar-refractivity contribution in [2.24, 2.45) is 17.6 Å². The van der Waals surface area contributed by atoms with Gasteiger partial charge in [-0.1, -0.05) is 52.0 Å². The van der Waals surface area contributed by atoms with E-state index in [4.69, 9.17) is 5.73 Å². The third kappa shape index (κ3) is 13.1. The predicted octanol–water partition coefficient (Wildman–Crippen LogP) is 1.33. The van der Waals surface area contributed by atoms with Gasteiger partial charge in [0.15, 0.2) is 0 Å². The van der Waals surface area contributed by atoms with Crippen LogP contribution >= 0.6 is 0 Å². The summed E-state index contributed by atoms with van der Waals surface area (Å²) in [7, 11) is 0. The molecule has 0 aliphatic carbocycles. The van der Waals surface area contributed by atoms with E-state index in [1.807, 2.05) is 27.7 Å². The minimum absolute atomic E-state index is 0.0151. The largest absolute Gasteiger partial charge is 0.508 e. The molecule has 2 fully saturated rings. The Hall–Kier alpha value is -5.71.